The fourth-order valence-electron chi connectivity index (χ4n) is 2.45. The molecule has 2 aromatic heterocycles. The summed E-state index contributed by atoms with van der Waals surface area (Å²) in [6.45, 7) is 0. The van der Waals surface area contributed by atoms with E-state index >= 15 is 0 Å². The first-order valence-corrected chi connectivity index (χ1v) is 5.37. The molecule has 2 heterocycles. The molecule has 4 nitrogen and oxygen atoms in total. The Morgan fingerprint density at radius 1 is 0.812 bits per heavy atom. The molecule has 0 aliphatic carbocycles. The van der Waals surface area contributed by atoms with Crippen molar-refractivity contribution in [2.75, 3.05) is 0 Å². The van der Waals surface area contributed by atoms with Crippen LogP contribution in [0.2, 0.25) is 0 Å². The number of nitrogens with zero attached hydrogens (tertiary/aromatic N) is 4. The summed E-state index contributed by atoms with van der Waals surface area (Å²) in [6, 6.07) is 4.48. The van der Waals surface area contributed by atoms with Crippen molar-refractivity contribution in [1.82, 2.24) is 9.13 Å². The Kier molecular flexibility index (Phi) is 1.67. The molecule has 0 saturated carbocycles. The van der Waals surface area contributed by atoms with Crippen LogP contribution in [0.1, 0.15) is 0 Å². The van der Waals surface area contributed by atoms with E-state index < -0.39 is 0 Å². The Labute approximate surface area is 94.0 Å². The highest BCUT2D eigenvalue weighted by Crippen LogP contribution is 2.17. The van der Waals surface area contributed by atoms with Gasteiger partial charge in [-0.05, 0) is 0 Å². The Morgan fingerprint density at radius 2 is 1.25 bits per heavy atom. The maximum atomic E-state index is 2.24. The van der Waals surface area contributed by atoms with Crippen molar-refractivity contribution < 1.29 is 9.13 Å². The van der Waals surface area contributed by atoms with Crippen LogP contribution in [0.3, 0.4) is 0 Å². The molecule has 3 aromatic rings. The molecule has 0 amide bonds. The molecule has 0 spiro atoms. The van der Waals surface area contributed by atoms with Gasteiger partial charge in [-0.1, -0.05) is 0 Å². The largest absolute Gasteiger partial charge is 0.244 e. The predicted octanol–water partition coefficient (Wildman–Crippen LogP) is 0.319. The van der Waals surface area contributed by atoms with E-state index in [2.05, 4.69) is 71.2 Å². The van der Waals surface area contributed by atoms with Gasteiger partial charge in [0.1, 0.15) is 0 Å². The van der Waals surface area contributed by atoms with Gasteiger partial charge in [0.25, 0.3) is 0 Å². The van der Waals surface area contributed by atoms with Gasteiger partial charge in [-0.3, -0.25) is 0 Å². The molecule has 16 heavy (non-hydrogen) atoms. The third-order valence-electron chi connectivity index (χ3n) is 3.28. The quantitative estimate of drug-likeness (QED) is 0.482. The fraction of sp³-hybridized carbons (Fsp3) is 0.333. The zero-order valence-electron chi connectivity index (χ0n) is 10.1. The van der Waals surface area contributed by atoms with Crippen LogP contribution >= 0.6 is 0 Å². The first-order valence-electron chi connectivity index (χ1n) is 5.37. The van der Waals surface area contributed by atoms with Gasteiger partial charge < -0.3 is 0 Å². The molecule has 0 aliphatic heterocycles. The van der Waals surface area contributed by atoms with E-state index in [1.165, 1.54) is 22.1 Å². The van der Waals surface area contributed by atoms with Gasteiger partial charge in [-0.25, -0.2) is 18.3 Å². The van der Waals surface area contributed by atoms with E-state index in [1.807, 2.05) is 0 Å². The van der Waals surface area contributed by atoms with Crippen LogP contribution in [-0.2, 0) is 28.2 Å². The van der Waals surface area contributed by atoms with Crippen molar-refractivity contribution in [2.24, 2.45) is 28.2 Å². The molecule has 0 saturated heterocycles. The summed E-state index contributed by atoms with van der Waals surface area (Å²) in [5.41, 5.74) is 5.04. The highest BCUT2D eigenvalue weighted by atomic mass is 15.1. The van der Waals surface area contributed by atoms with Crippen molar-refractivity contribution in [1.29, 1.82) is 0 Å². The Balaban J connectivity index is 2.58. The molecule has 0 aliphatic rings. The van der Waals surface area contributed by atoms with Crippen molar-refractivity contribution in [2.45, 2.75) is 0 Å². The Hall–Kier alpha value is -1.84. The van der Waals surface area contributed by atoms with Crippen molar-refractivity contribution in [3.8, 4) is 0 Å². The van der Waals surface area contributed by atoms with Crippen LogP contribution in [0.5, 0.6) is 0 Å². The summed E-state index contributed by atoms with van der Waals surface area (Å²) in [7, 11) is 8.32. The van der Waals surface area contributed by atoms with Gasteiger partial charge in [0, 0.05) is 12.1 Å². The first-order chi connectivity index (χ1) is 7.58. The summed E-state index contributed by atoms with van der Waals surface area (Å²) in [5, 5.41) is 0. The molecular formula is C12H16N4+2. The normalized spacial score (nSPS) is 11.8. The predicted molar refractivity (Wildman–Crippen MR) is 61.7 cm³/mol. The molecule has 0 atom stereocenters. The number of hydrogen-bond acceptors (Lipinski definition) is 0. The molecule has 4 heteroatoms. The van der Waals surface area contributed by atoms with Crippen LogP contribution in [0.25, 0.3) is 22.1 Å². The monoisotopic (exact) mass is 216 g/mol. The molecule has 1 aromatic carbocycles. The summed E-state index contributed by atoms with van der Waals surface area (Å²) in [4.78, 5) is 0. The van der Waals surface area contributed by atoms with E-state index in [1.54, 1.807) is 0 Å². The SMILES string of the molecule is Cn1c[n+](C)c2cc3c(cc21)n(C)c[n+]3C. The second-order valence-corrected chi connectivity index (χ2v) is 4.50. The van der Waals surface area contributed by atoms with Crippen molar-refractivity contribution in [3.05, 3.63) is 24.8 Å². The number of rotatable bonds is 0. The smallest absolute Gasteiger partial charge is 0.232 e. The molecule has 0 bridgehead atoms. The second-order valence-electron chi connectivity index (χ2n) is 4.50. The average molecular weight is 216 g/mol. The maximum Gasteiger partial charge on any atom is 0.244 e. The molecule has 0 radical (unpaired) electrons. The third-order valence-corrected chi connectivity index (χ3v) is 3.28. The van der Waals surface area contributed by atoms with Gasteiger partial charge in [0.05, 0.1) is 28.2 Å². The van der Waals surface area contributed by atoms with Gasteiger partial charge in [-0.2, -0.15) is 0 Å². The minimum absolute atomic E-state index is 1.26. The summed E-state index contributed by atoms with van der Waals surface area (Å²) < 4.78 is 8.62. The molecule has 82 valence electrons. The molecule has 0 unspecified atom stereocenters. The van der Waals surface area contributed by atoms with Crippen molar-refractivity contribution >= 4 is 22.1 Å². The third kappa shape index (κ3) is 1.04. The number of fused-ring (bicyclic) bond motifs is 2. The van der Waals surface area contributed by atoms with Gasteiger partial charge >= 0.3 is 0 Å². The van der Waals surface area contributed by atoms with Crippen LogP contribution in [0.15, 0.2) is 24.8 Å². The lowest BCUT2D eigenvalue weighted by atomic mass is 10.2. The molecule has 3 rings (SSSR count). The topological polar surface area (TPSA) is 17.6 Å². The minimum atomic E-state index is 1.26. The van der Waals surface area contributed by atoms with E-state index in [0.717, 1.165) is 0 Å². The van der Waals surface area contributed by atoms with Gasteiger partial charge in [0.2, 0.25) is 12.7 Å². The summed E-state index contributed by atoms with van der Waals surface area (Å²) in [5.74, 6) is 0. The maximum absolute atomic E-state index is 2.24. The van der Waals surface area contributed by atoms with Crippen molar-refractivity contribution in [3.63, 3.8) is 0 Å². The van der Waals surface area contributed by atoms with E-state index in [4.69, 9.17) is 0 Å². The lowest BCUT2D eigenvalue weighted by Gasteiger charge is -1.90. The number of benzene rings is 1. The minimum Gasteiger partial charge on any atom is -0.232 e. The van der Waals surface area contributed by atoms with Crippen LogP contribution < -0.4 is 9.13 Å². The summed E-state index contributed by atoms with van der Waals surface area (Å²) >= 11 is 0. The van der Waals surface area contributed by atoms with Crippen LogP contribution in [0, 0.1) is 0 Å². The van der Waals surface area contributed by atoms with E-state index in [0.29, 0.717) is 0 Å². The molecule has 0 N–H and O–H groups in total. The van der Waals surface area contributed by atoms with Crippen LogP contribution in [0.4, 0.5) is 0 Å². The second kappa shape index (κ2) is 2.84. The Morgan fingerprint density at radius 3 is 1.69 bits per heavy atom. The molecule has 0 fully saturated rings. The van der Waals surface area contributed by atoms with Gasteiger partial charge in [0.15, 0.2) is 22.1 Å². The standard InChI is InChI=1S/C12H16N4/c1-13-7-14(2)10-6-12-11(5-9(10)13)15(3)8-16(12)4/h5-8H,1-4H3/q+2. The van der Waals surface area contributed by atoms with E-state index in [-0.39, 0.29) is 0 Å². The zero-order valence-corrected chi connectivity index (χ0v) is 10.1. The van der Waals surface area contributed by atoms with Crippen LogP contribution in [-0.4, -0.2) is 9.13 Å². The number of hydrogen-bond donors (Lipinski definition) is 0. The molecular weight excluding hydrogens is 200 g/mol. The number of aromatic nitrogens is 4. The summed E-state index contributed by atoms with van der Waals surface area (Å²) in [6.07, 6.45) is 4.20. The fourth-order valence-corrected chi connectivity index (χ4v) is 2.45. The number of aryl methyl sites for hydroxylation is 4. The Bertz CT molecular complexity index is 588. The highest BCUT2D eigenvalue weighted by Gasteiger charge is 2.18. The lowest BCUT2D eigenvalue weighted by molar-refractivity contribution is -0.649. The number of imidazole rings is 2. The average Bonchev–Trinajstić information content (AvgIpc) is 2.67. The van der Waals surface area contributed by atoms with E-state index in [9.17, 15) is 0 Å². The lowest BCUT2D eigenvalue weighted by Crippen LogP contribution is -2.27. The zero-order chi connectivity index (χ0) is 11.4. The first kappa shape index (κ1) is 9.39. The highest BCUT2D eigenvalue weighted by molar-refractivity contribution is 5.88. The van der Waals surface area contributed by atoms with Gasteiger partial charge in [-0.15, -0.1) is 0 Å².